The summed E-state index contributed by atoms with van der Waals surface area (Å²) in [6, 6.07) is 0. The van der Waals surface area contributed by atoms with E-state index in [1.54, 1.807) is 19.9 Å². The first kappa shape index (κ1) is 10.0. The van der Waals surface area contributed by atoms with Crippen molar-refractivity contribution in [2.24, 2.45) is 0 Å². The minimum absolute atomic E-state index is 0.597. The third-order valence-electron chi connectivity index (χ3n) is 1.31. The van der Waals surface area contributed by atoms with Gasteiger partial charge < -0.3 is 9.84 Å². The number of hydrogen-bond donors (Lipinski definition) is 1. The van der Waals surface area contributed by atoms with E-state index in [-0.39, 0.29) is 0 Å². The summed E-state index contributed by atoms with van der Waals surface area (Å²) in [6.07, 6.45) is 1.95. The zero-order valence-electron chi connectivity index (χ0n) is 6.96. The highest BCUT2D eigenvalue weighted by atomic mass is 16.7. The van der Waals surface area contributed by atoms with Crippen LogP contribution in [0.2, 0.25) is 0 Å². The van der Waals surface area contributed by atoms with Crippen LogP contribution in [0.25, 0.3) is 0 Å². The molecule has 0 atom stereocenters. The van der Waals surface area contributed by atoms with Crippen molar-refractivity contribution in [3.8, 4) is 0 Å². The van der Waals surface area contributed by atoms with Gasteiger partial charge in [-0.1, -0.05) is 6.08 Å². The fourth-order valence-electron chi connectivity index (χ4n) is 0.737. The summed E-state index contributed by atoms with van der Waals surface area (Å²) in [6.45, 7) is 7.02. The standard InChI is InChI=1S/C8H14O3/c1-4-5-6-8(2,3)11-7(9)10/h4H,1,5-6H2,2-3H3,(H,9,10). The zero-order valence-corrected chi connectivity index (χ0v) is 6.96. The van der Waals surface area contributed by atoms with Gasteiger partial charge in [-0.15, -0.1) is 6.58 Å². The summed E-state index contributed by atoms with van der Waals surface area (Å²) in [4.78, 5) is 10.1. The number of carboxylic acid groups (broad SMARTS) is 1. The van der Waals surface area contributed by atoms with Gasteiger partial charge in [0, 0.05) is 0 Å². The van der Waals surface area contributed by atoms with E-state index in [0.717, 1.165) is 6.42 Å². The highest BCUT2D eigenvalue weighted by Gasteiger charge is 2.20. The van der Waals surface area contributed by atoms with Gasteiger partial charge in [0.2, 0.25) is 0 Å². The smallest absolute Gasteiger partial charge is 0.450 e. The Kier molecular flexibility index (Phi) is 3.65. The molecule has 0 aromatic rings. The van der Waals surface area contributed by atoms with Crippen molar-refractivity contribution in [1.82, 2.24) is 0 Å². The normalized spacial score (nSPS) is 10.7. The summed E-state index contributed by atoms with van der Waals surface area (Å²) in [7, 11) is 0. The largest absolute Gasteiger partial charge is 0.506 e. The Morgan fingerprint density at radius 3 is 2.64 bits per heavy atom. The molecule has 0 aliphatic rings. The van der Waals surface area contributed by atoms with Gasteiger partial charge >= 0.3 is 6.16 Å². The van der Waals surface area contributed by atoms with E-state index in [1.165, 1.54) is 0 Å². The SMILES string of the molecule is C=CCCC(C)(C)OC(=O)O. The molecule has 1 N–H and O–H groups in total. The molecule has 3 heteroatoms. The van der Waals surface area contributed by atoms with Crippen LogP contribution in [0.3, 0.4) is 0 Å². The highest BCUT2D eigenvalue weighted by Crippen LogP contribution is 2.16. The summed E-state index contributed by atoms with van der Waals surface area (Å²) in [5.41, 5.74) is -0.597. The van der Waals surface area contributed by atoms with Crippen LogP contribution in [0.4, 0.5) is 4.79 Å². The van der Waals surface area contributed by atoms with E-state index in [1.807, 2.05) is 0 Å². The number of carbonyl (C=O) groups is 1. The number of rotatable bonds is 4. The molecular weight excluding hydrogens is 144 g/mol. The first-order chi connectivity index (χ1) is 4.98. The number of allylic oxidation sites excluding steroid dienone is 1. The monoisotopic (exact) mass is 158 g/mol. The van der Waals surface area contributed by atoms with Gasteiger partial charge in [0.05, 0.1) is 0 Å². The molecule has 0 heterocycles. The van der Waals surface area contributed by atoms with E-state index >= 15 is 0 Å². The van der Waals surface area contributed by atoms with Gasteiger partial charge in [-0.25, -0.2) is 4.79 Å². The molecule has 0 bridgehead atoms. The Bertz CT molecular complexity index is 149. The van der Waals surface area contributed by atoms with Crippen LogP contribution in [0.15, 0.2) is 12.7 Å². The van der Waals surface area contributed by atoms with Crippen LogP contribution >= 0.6 is 0 Å². The van der Waals surface area contributed by atoms with Crippen LogP contribution in [-0.4, -0.2) is 16.9 Å². The maximum absolute atomic E-state index is 10.1. The lowest BCUT2D eigenvalue weighted by molar-refractivity contribution is -0.000330. The van der Waals surface area contributed by atoms with Crippen LogP contribution in [0, 0.1) is 0 Å². The van der Waals surface area contributed by atoms with Gasteiger partial charge in [-0.3, -0.25) is 0 Å². The van der Waals surface area contributed by atoms with Crippen molar-refractivity contribution in [1.29, 1.82) is 0 Å². The fourth-order valence-corrected chi connectivity index (χ4v) is 0.737. The van der Waals surface area contributed by atoms with Crippen LogP contribution in [-0.2, 0) is 4.74 Å². The summed E-state index contributed by atoms with van der Waals surface area (Å²) < 4.78 is 4.61. The van der Waals surface area contributed by atoms with Crippen molar-refractivity contribution in [3.05, 3.63) is 12.7 Å². The Balaban J connectivity index is 3.78. The molecule has 0 aliphatic heterocycles. The number of hydrogen-bond acceptors (Lipinski definition) is 2. The quantitative estimate of drug-likeness (QED) is 0.505. The van der Waals surface area contributed by atoms with Crippen molar-refractivity contribution in [2.45, 2.75) is 32.3 Å². The first-order valence-electron chi connectivity index (χ1n) is 3.51. The average Bonchev–Trinajstić information content (AvgIpc) is 1.81. The van der Waals surface area contributed by atoms with Crippen molar-refractivity contribution in [3.63, 3.8) is 0 Å². The minimum atomic E-state index is -1.22. The molecule has 0 spiro atoms. The second-order valence-electron chi connectivity index (χ2n) is 2.96. The molecule has 0 aromatic carbocycles. The van der Waals surface area contributed by atoms with Crippen molar-refractivity contribution < 1.29 is 14.6 Å². The molecular formula is C8H14O3. The molecule has 0 rings (SSSR count). The van der Waals surface area contributed by atoms with Crippen LogP contribution in [0.5, 0.6) is 0 Å². The van der Waals surface area contributed by atoms with Gasteiger partial charge in [-0.2, -0.15) is 0 Å². The third-order valence-corrected chi connectivity index (χ3v) is 1.31. The molecule has 0 radical (unpaired) electrons. The Morgan fingerprint density at radius 1 is 1.73 bits per heavy atom. The summed E-state index contributed by atoms with van der Waals surface area (Å²) in [5, 5.41) is 8.30. The van der Waals surface area contributed by atoms with Crippen molar-refractivity contribution in [2.75, 3.05) is 0 Å². The van der Waals surface area contributed by atoms with E-state index < -0.39 is 11.8 Å². The van der Waals surface area contributed by atoms with Gasteiger partial charge in [0.1, 0.15) is 5.60 Å². The van der Waals surface area contributed by atoms with Crippen LogP contribution in [0.1, 0.15) is 26.7 Å². The maximum atomic E-state index is 10.1. The molecule has 0 amide bonds. The zero-order chi connectivity index (χ0) is 8.91. The lowest BCUT2D eigenvalue weighted by atomic mass is 10.0. The van der Waals surface area contributed by atoms with Gasteiger partial charge in [-0.05, 0) is 26.7 Å². The minimum Gasteiger partial charge on any atom is -0.450 e. The lowest BCUT2D eigenvalue weighted by Crippen LogP contribution is -2.26. The molecule has 3 nitrogen and oxygen atoms in total. The van der Waals surface area contributed by atoms with Gasteiger partial charge in [0.15, 0.2) is 0 Å². The van der Waals surface area contributed by atoms with Gasteiger partial charge in [0.25, 0.3) is 0 Å². The lowest BCUT2D eigenvalue weighted by Gasteiger charge is -2.22. The molecule has 0 fully saturated rings. The second kappa shape index (κ2) is 4.01. The summed E-state index contributed by atoms with van der Waals surface area (Å²) in [5.74, 6) is 0. The molecule has 11 heavy (non-hydrogen) atoms. The van der Waals surface area contributed by atoms with Crippen molar-refractivity contribution >= 4 is 6.16 Å². The van der Waals surface area contributed by atoms with Crippen LogP contribution < -0.4 is 0 Å². The number of ether oxygens (including phenoxy) is 1. The molecule has 64 valence electrons. The Morgan fingerprint density at radius 2 is 2.27 bits per heavy atom. The Labute approximate surface area is 66.7 Å². The van der Waals surface area contributed by atoms with E-state index in [2.05, 4.69) is 11.3 Å². The van der Waals surface area contributed by atoms with E-state index in [0.29, 0.717) is 6.42 Å². The Hall–Kier alpha value is -0.990. The van der Waals surface area contributed by atoms with E-state index in [9.17, 15) is 4.79 Å². The predicted octanol–water partition coefficient (Wildman–Crippen LogP) is 2.43. The molecule has 0 unspecified atom stereocenters. The molecule has 0 aliphatic carbocycles. The second-order valence-corrected chi connectivity index (χ2v) is 2.96. The maximum Gasteiger partial charge on any atom is 0.506 e. The first-order valence-corrected chi connectivity index (χ1v) is 3.51. The highest BCUT2D eigenvalue weighted by molar-refractivity contribution is 5.57. The molecule has 0 aromatic heterocycles. The van der Waals surface area contributed by atoms with E-state index in [4.69, 9.17) is 5.11 Å². The predicted molar refractivity (Wildman–Crippen MR) is 42.6 cm³/mol. The topological polar surface area (TPSA) is 46.5 Å². The molecule has 0 saturated carbocycles. The fraction of sp³-hybridized carbons (Fsp3) is 0.625. The summed E-state index contributed by atoms with van der Waals surface area (Å²) >= 11 is 0. The molecule has 0 saturated heterocycles. The third kappa shape index (κ3) is 5.45. The average molecular weight is 158 g/mol.